The predicted octanol–water partition coefficient (Wildman–Crippen LogP) is 3.16. The van der Waals surface area contributed by atoms with Crippen molar-refractivity contribution in [2.24, 2.45) is 5.92 Å². The number of aryl methyl sites for hydroxylation is 1. The zero-order valence-electron chi connectivity index (χ0n) is 19.8. The molecule has 4 rings (SSSR count). The van der Waals surface area contributed by atoms with Crippen LogP contribution in [0.5, 0.6) is 5.75 Å². The number of benzene rings is 2. The number of hydrogen-bond donors (Lipinski definition) is 1. The number of hydrogen-bond acceptors (Lipinski definition) is 5. The van der Waals surface area contributed by atoms with Gasteiger partial charge in [-0.15, -0.1) is 0 Å². The first kappa shape index (κ1) is 24.2. The van der Waals surface area contributed by atoms with Crippen LogP contribution < -0.4 is 10.1 Å². The summed E-state index contributed by atoms with van der Waals surface area (Å²) in [6, 6.07) is 13.0. The monoisotopic (exact) mass is 485 g/mol. The highest BCUT2D eigenvalue weighted by Gasteiger charge is 2.35. The van der Waals surface area contributed by atoms with Gasteiger partial charge in [-0.3, -0.25) is 9.59 Å². The molecule has 0 radical (unpaired) electrons. The van der Waals surface area contributed by atoms with Crippen LogP contribution >= 0.6 is 0 Å². The zero-order chi connectivity index (χ0) is 24.5. The van der Waals surface area contributed by atoms with Crippen LogP contribution in [0.1, 0.15) is 37.8 Å². The third-order valence-corrected chi connectivity index (χ3v) is 8.58. The summed E-state index contributed by atoms with van der Waals surface area (Å²) in [5.41, 5.74) is 2.09. The molecule has 0 bridgehead atoms. The highest BCUT2D eigenvalue weighted by atomic mass is 32.2. The Hall–Kier alpha value is -2.91. The van der Waals surface area contributed by atoms with Crippen molar-refractivity contribution in [2.75, 3.05) is 25.0 Å². The number of ether oxygens (including phenoxy) is 1. The number of anilines is 1. The molecule has 1 fully saturated rings. The van der Waals surface area contributed by atoms with Gasteiger partial charge in [0.05, 0.1) is 10.6 Å². The van der Waals surface area contributed by atoms with Gasteiger partial charge in [0.25, 0.3) is 5.91 Å². The van der Waals surface area contributed by atoms with E-state index in [1.165, 1.54) is 10.4 Å². The minimum Gasteiger partial charge on any atom is -0.479 e. The van der Waals surface area contributed by atoms with Crippen molar-refractivity contribution in [1.29, 1.82) is 0 Å². The minimum absolute atomic E-state index is 0.0755. The van der Waals surface area contributed by atoms with Gasteiger partial charge in [0.15, 0.2) is 6.10 Å². The van der Waals surface area contributed by atoms with Gasteiger partial charge in [0, 0.05) is 38.2 Å². The Labute approximate surface area is 200 Å². The number of nitrogens with zero attached hydrogens (tertiary/aromatic N) is 2. The maximum atomic E-state index is 13.4. The molecule has 1 N–H and O–H groups in total. The quantitative estimate of drug-likeness (QED) is 0.678. The fourth-order valence-corrected chi connectivity index (χ4v) is 6.20. The number of amides is 2. The molecule has 2 heterocycles. The smallest absolute Gasteiger partial charge is 0.265 e. The number of sulfonamides is 1. The summed E-state index contributed by atoms with van der Waals surface area (Å²) in [7, 11) is -3.76. The molecule has 0 aromatic heterocycles. The van der Waals surface area contributed by atoms with Crippen LogP contribution in [-0.2, 0) is 26.2 Å². The molecule has 0 spiro atoms. The summed E-state index contributed by atoms with van der Waals surface area (Å²) in [5.74, 6) is -0.0332. The van der Waals surface area contributed by atoms with Crippen molar-refractivity contribution < 1.29 is 22.7 Å². The van der Waals surface area contributed by atoms with Crippen LogP contribution in [0.15, 0.2) is 47.4 Å². The Morgan fingerprint density at radius 1 is 1.18 bits per heavy atom. The summed E-state index contributed by atoms with van der Waals surface area (Å²) >= 11 is 0. The van der Waals surface area contributed by atoms with E-state index >= 15 is 0 Å². The second kappa shape index (κ2) is 9.76. The van der Waals surface area contributed by atoms with Crippen LogP contribution in [0.3, 0.4) is 0 Å². The summed E-state index contributed by atoms with van der Waals surface area (Å²) in [5, 5.41) is 2.75. The second-order valence-corrected chi connectivity index (χ2v) is 10.8. The second-order valence-electron chi connectivity index (χ2n) is 8.88. The molecule has 34 heavy (non-hydrogen) atoms. The number of carbonyl (C=O) groups excluding carboxylic acids is 2. The number of fused-ring (bicyclic) bond motifs is 1. The largest absolute Gasteiger partial charge is 0.479 e. The fraction of sp³-hybridized carbons (Fsp3) is 0.440. The van der Waals surface area contributed by atoms with E-state index in [4.69, 9.17) is 4.74 Å². The van der Waals surface area contributed by atoms with E-state index in [1.807, 2.05) is 42.2 Å². The third-order valence-electron chi connectivity index (χ3n) is 6.54. The predicted molar refractivity (Wildman–Crippen MR) is 129 cm³/mol. The zero-order valence-corrected chi connectivity index (χ0v) is 20.6. The highest BCUT2D eigenvalue weighted by molar-refractivity contribution is 7.89. The van der Waals surface area contributed by atoms with Crippen LogP contribution in [-0.4, -0.2) is 55.2 Å². The molecule has 0 aliphatic carbocycles. The molecule has 9 heteroatoms. The molecular weight excluding hydrogens is 454 g/mol. The molecular formula is C25H31N3O5S. The lowest BCUT2D eigenvalue weighted by Gasteiger charge is -2.34. The normalized spacial score (nSPS) is 19.1. The van der Waals surface area contributed by atoms with Gasteiger partial charge >= 0.3 is 0 Å². The summed E-state index contributed by atoms with van der Waals surface area (Å²) < 4.78 is 33.9. The maximum absolute atomic E-state index is 13.4. The van der Waals surface area contributed by atoms with Crippen molar-refractivity contribution >= 4 is 27.5 Å². The van der Waals surface area contributed by atoms with Gasteiger partial charge < -0.3 is 15.0 Å². The van der Waals surface area contributed by atoms with Gasteiger partial charge in [-0.05, 0) is 50.8 Å². The average Bonchev–Trinajstić information content (AvgIpc) is 2.83. The molecule has 2 aromatic carbocycles. The molecule has 2 aliphatic rings. The lowest BCUT2D eigenvalue weighted by Crippen LogP contribution is -2.44. The van der Waals surface area contributed by atoms with Crippen LogP contribution in [0.2, 0.25) is 0 Å². The third kappa shape index (κ3) is 4.81. The molecule has 8 nitrogen and oxygen atoms in total. The van der Waals surface area contributed by atoms with Crippen molar-refractivity contribution in [3.8, 4) is 5.75 Å². The molecule has 2 aromatic rings. The van der Waals surface area contributed by atoms with Gasteiger partial charge in [0.2, 0.25) is 15.9 Å². The minimum atomic E-state index is -3.76. The number of rotatable bonds is 6. The summed E-state index contributed by atoms with van der Waals surface area (Å²) in [4.78, 5) is 27.0. The van der Waals surface area contributed by atoms with E-state index < -0.39 is 16.1 Å². The van der Waals surface area contributed by atoms with Crippen molar-refractivity contribution in [2.45, 2.75) is 51.2 Å². The van der Waals surface area contributed by atoms with Crippen molar-refractivity contribution in [1.82, 2.24) is 9.21 Å². The van der Waals surface area contributed by atoms with E-state index in [1.54, 1.807) is 19.9 Å². The molecule has 1 saturated heterocycles. The molecule has 1 atom stereocenters. The summed E-state index contributed by atoms with van der Waals surface area (Å²) in [6.07, 6.45) is 0.276. The van der Waals surface area contributed by atoms with E-state index in [-0.39, 0.29) is 35.7 Å². The van der Waals surface area contributed by atoms with Gasteiger partial charge in [0.1, 0.15) is 5.75 Å². The maximum Gasteiger partial charge on any atom is 0.265 e. The molecule has 2 amide bonds. The van der Waals surface area contributed by atoms with Crippen LogP contribution in [0.4, 0.5) is 5.69 Å². The van der Waals surface area contributed by atoms with Crippen molar-refractivity contribution in [3.63, 3.8) is 0 Å². The topological polar surface area (TPSA) is 96.0 Å². The van der Waals surface area contributed by atoms with E-state index in [9.17, 15) is 18.0 Å². The Balaban J connectivity index is 1.45. The molecule has 1 unspecified atom stereocenters. The number of piperidine rings is 1. The highest BCUT2D eigenvalue weighted by Crippen LogP contribution is 2.36. The average molecular weight is 486 g/mol. The molecule has 182 valence electrons. The molecule has 0 saturated carbocycles. The summed E-state index contributed by atoms with van der Waals surface area (Å²) in [6.45, 7) is 7.01. The lowest BCUT2D eigenvalue weighted by molar-refractivity contribution is -0.137. The first-order valence-corrected chi connectivity index (χ1v) is 13.1. The Morgan fingerprint density at radius 3 is 2.50 bits per heavy atom. The Bertz CT molecular complexity index is 1170. The Kier molecular flexibility index (Phi) is 6.95. The first-order chi connectivity index (χ1) is 16.2. The van der Waals surface area contributed by atoms with Gasteiger partial charge in [-0.2, -0.15) is 4.31 Å². The van der Waals surface area contributed by atoms with Crippen LogP contribution in [0, 0.1) is 12.8 Å². The van der Waals surface area contributed by atoms with Crippen molar-refractivity contribution in [3.05, 3.63) is 53.6 Å². The fourth-order valence-electron chi connectivity index (χ4n) is 4.51. The lowest BCUT2D eigenvalue weighted by atomic mass is 9.96. The SMILES string of the molecule is CCN(Cc1ccccc1)C(=O)C1CCN(S(=O)(=O)c2cc3c(cc2C)NC(=O)C(C)O3)CC1. The number of carbonyl (C=O) groups is 2. The van der Waals surface area contributed by atoms with Crippen LogP contribution in [0.25, 0.3) is 0 Å². The molecule has 2 aliphatic heterocycles. The van der Waals surface area contributed by atoms with Gasteiger partial charge in [-0.1, -0.05) is 30.3 Å². The Morgan fingerprint density at radius 2 is 1.85 bits per heavy atom. The van der Waals surface area contributed by atoms with E-state index in [0.29, 0.717) is 42.9 Å². The van der Waals surface area contributed by atoms with E-state index in [2.05, 4.69) is 5.32 Å². The number of nitrogens with one attached hydrogen (secondary N) is 1. The van der Waals surface area contributed by atoms with Gasteiger partial charge in [-0.25, -0.2) is 8.42 Å². The first-order valence-electron chi connectivity index (χ1n) is 11.7. The standard InChI is InChI=1S/C25H31N3O5S/c1-4-27(16-19-8-6-5-7-9-19)25(30)20-10-12-28(13-11-20)34(31,32)23-15-22-21(14-17(23)2)26-24(29)18(3)33-22/h5-9,14-15,18,20H,4,10-13,16H2,1-3H3,(H,26,29). The van der Waals surface area contributed by atoms with E-state index in [0.717, 1.165) is 5.56 Å².